The van der Waals surface area contributed by atoms with Crippen LogP contribution in [0.1, 0.15) is 55.7 Å². The summed E-state index contributed by atoms with van der Waals surface area (Å²) >= 11 is 0. The minimum Gasteiger partial charge on any atom is -0.306 e. The summed E-state index contributed by atoms with van der Waals surface area (Å²) in [5, 5.41) is 0. The highest BCUT2D eigenvalue weighted by atomic mass is 15.1. The van der Waals surface area contributed by atoms with Crippen molar-refractivity contribution in [1.29, 1.82) is 0 Å². The lowest BCUT2D eigenvalue weighted by molar-refractivity contribution is 0.263. The summed E-state index contributed by atoms with van der Waals surface area (Å²) in [5.41, 5.74) is 4.34. The Balaban J connectivity index is 2.65. The van der Waals surface area contributed by atoms with Crippen LogP contribution in [0.4, 0.5) is 0 Å². The largest absolute Gasteiger partial charge is 0.306 e. The van der Waals surface area contributed by atoms with Crippen LogP contribution in [0.25, 0.3) is 0 Å². The lowest BCUT2D eigenvalue weighted by Crippen LogP contribution is -2.27. The Hall–Kier alpha value is -0.820. The molecule has 0 bridgehead atoms. The first-order valence-corrected chi connectivity index (χ1v) is 7.19. The van der Waals surface area contributed by atoms with E-state index in [1.807, 2.05) is 0 Å². The molecule has 18 heavy (non-hydrogen) atoms. The Labute approximate surface area is 113 Å². The Kier molecular flexibility index (Phi) is 5.87. The van der Waals surface area contributed by atoms with Gasteiger partial charge >= 0.3 is 0 Å². The van der Waals surface area contributed by atoms with Gasteiger partial charge in [0.1, 0.15) is 0 Å². The molecule has 2 atom stereocenters. The van der Waals surface area contributed by atoms with E-state index in [4.69, 9.17) is 0 Å². The van der Waals surface area contributed by atoms with Crippen molar-refractivity contribution >= 4 is 0 Å². The molecule has 0 spiro atoms. The van der Waals surface area contributed by atoms with E-state index in [1.165, 1.54) is 36.0 Å². The second-order valence-electron chi connectivity index (χ2n) is 5.86. The normalized spacial score (nSPS) is 14.8. The fourth-order valence-electron chi connectivity index (χ4n) is 2.72. The van der Waals surface area contributed by atoms with Gasteiger partial charge in [0.15, 0.2) is 0 Å². The zero-order valence-corrected chi connectivity index (χ0v) is 13.0. The minimum absolute atomic E-state index is 0.666. The van der Waals surface area contributed by atoms with Crippen molar-refractivity contribution in [2.75, 3.05) is 14.1 Å². The molecule has 0 heterocycles. The standard InChI is InChI=1S/C17H29N/c1-7-16(18(5)6)11-10-15(4)17-12-13(2)8-9-14(17)3/h8-9,12,15-16H,7,10-11H2,1-6H3/t15?,16-/m1/s1. The van der Waals surface area contributed by atoms with Crippen LogP contribution in [0, 0.1) is 13.8 Å². The van der Waals surface area contributed by atoms with E-state index in [0.29, 0.717) is 5.92 Å². The van der Waals surface area contributed by atoms with Crippen LogP contribution in [0.15, 0.2) is 18.2 Å². The summed E-state index contributed by atoms with van der Waals surface area (Å²) in [5.74, 6) is 0.666. The Morgan fingerprint density at radius 3 is 2.33 bits per heavy atom. The van der Waals surface area contributed by atoms with Crippen molar-refractivity contribution in [3.05, 3.63) is 34.9 Å². The summed E-state index contributed by atoms with van der Waals surface area (Å²) in [7, 11) is 4.38. The third kappa shape index (κ3) is 4.13. The first-order valence-electron chi connectivity index (χ1n) is 7.19. The molecule has 0 aliphatic heterocycles. The van der Waals surface area contributed by atoms with Gasteiger partial charge in [-0.1, -0.05) is 37.6 Å². The molecule has 1 aromatic rings. The predicted octanol–water partition coefficient (Wildman–Crippen LogP) is 4.53. The van der Waals surface area contributed by atoms with Crippen molar-refractivity contribution in [1.82, 2.24) is 4.90 Å². The third-order valence-electron chi connectivity index (χ3n) is 4.10. The Bertz CT molecular complexity index is 368. The van der Waals surface area contributed by atoms with Gasteiger partial charge in [-0.15, -0.1) is 0 Å². The molecule has 0 saturated carbocycles. The van der Waals surface area contributed by atoms with Crippen LogP contribution in [-0.2, 0) is 0 Å². The molecular weight excluding hydrogens is 218 g/mol. The molecule has 0 amide bonds. The van der Waals surface area contributed by atoms with Gasteiger partial charge in [-0.05, 0) is 64.3 Å². The van der Waals surface area contributed by atoms with E-state index in [2.05, 4.69) is 64.9 Å². The highest BCUT2D eigenvalue weighted by Gasteiger charge is 2.13. The first-order chi connectivity index (χ1) is 8.45. The van der Waals surface area contributed by atoms with E-state index in [9.17, 15) is 0 Å². The number of rotatable bonds is 6. The number of hydrogen-bond acceptors (Lipinski definition) is 1. The topological polar surface area (TPSA) is 3.24 Å². The van der Waals surface area contributed by atoms with Crippen LogP contribution in [-0.4, -0.2) is 25.0 Å². The fourth-order valence-corrected chi connectivity index (χ4v) is 2.72. The molecule has 1 rings (SSSR count). The minimum atomic E-state index is 0.666. The van der Waals surface area contributed by atoms with Gasteiger partial charge < -0.3 is 4.90 Å². The SMILES string of the molecule is CC[C@H](CCC(C)c1cc(C)ccc1C)N(C)C. The average Bonchev–Trinajstić information content (AvgIpc) is 2.32. The average molecular weight is 247 g/mol. The second kappa shape index (κ2) is 6.94. The number of hydrogen-bond donors (Lipinski definition) is 0. The summed E-state index contributed by atoms with van der Waals surface area (Å²) in [6.07, 6.45) is 3.81. The number of aryl methyl sites for hydroxylation is 2. The molecule has 102 valence electrons. The highest BCUT2D eigenvalue weighted by molar-refractivity contribution is 5.32. The molecule has 0 aliphatic rings. The summed E-state index contributed by atoms with van der Waals surface area (Å²) in [4.78, 5) is 2.36. The maximum Gasteiger partial charge on any atom is 0.00867 e. The Morgan fingerprint density at radius 2 is 1.78 bits per heavy atom. The van der Waals surface area contributed by atoms with E-state index < -0.39 is 0 Å². The maximum absolute atomic E-state index is 2.37. The fraction of sp³-hybridized carbons (Fsp3) is 0.647. The smallest absolute Gasteiger partial charge is 0.00867 e. The lowest BCUT2D eigenvalue weighted by atomic mass is 9.89. The molecule has 0 aliphatic carbocycles. The first kappa shape index (κ1) is 15.2. The Morgan fingerprint density at radius 1 is 1.11 bits per heavy atom. The van der Waals surface area contributed by atoms with E-state index >= 15 is 0 Å². The van der Waals surface area contributed by atoms with Crippen molar-refractivity contribution in [3.63, 3.8) is 0 Å². The number of nitrogens with zero attached hydrogens (tertiary/aromatic N) is 1. The van der Waals surface area contributed by atoms with Gasteiger partial charge in [0.2, 0.25) is 0 Å². The van der Waals surface area contributed by atoms with Gasteiger partial charge in [0.25, 0.3) is 0 Å². The summed E-state index contributed by atoms with van der Waals surface area (Å²) in [6, 6.07) is 7.54. The van der Waals surface area contributed by atoms with Gasteiger partial charge in [0.05, 0.1) is 0 Å². The molecule has 0 radical (unpaired) electrons. The van der Waals surface area contributed by atoms with Crippen LogP contribution in [0.5, 0.6) is 0 Å². The monoisotopic (exact) mass is 247 g/mol. The third-order valence-corrected chi connectivity index (χ3v) is 4.10. The van der Waals surface area contributed by atoms with Crippen molar-refractivity contribution in [2.45, 2.75) is 58.9 Å². The van der Waals surface area contributed by atoms with Crippen LogP contribution in [0.3, 0.4) is 0 Å². The summed E-state index contributed by atoms with van der Waals surface area (Å²) in [6.45, 7) is 9.07. The van der Waals surface area contributed by atoms with E-state index in [1.54, 1.807) is 0 Å². The molecule has 1 heteroatoms. The molecule has 0 fully saturated rings. The van der Waals surface area contributed by atoms with Crippen LogP contribution >= 0.6 is 0 Å². The molecule has 1 aromatic carbocycles. The van der Waals surface area contributed by atoms with E-state index in [-0.39, 0.29) is 0 Å². The maximum atomic E-state index is 2.37. The predicted molar refractivity (Wildman–Crippen MR) is 81.3 cm³/mol. The quantitative estimate of drug-likeness (QED) is 0.714. The van der Waals surface area contributed by atoms with Gasteiger partial charge in [0, 0.05) is 6.04 Å². The second-order valence-corrected chi connectivity index (χ2v) is 5.86. The lowest BCUT2D eigenvalue weighted by Gasteiger charge is -2.25. The van der Waals surface area contributed by atoms with Crippen molar-refractivity contribution in [3.8, 4) is 0 Å². The van der Waals surface area contributed by atoms with E-state index in [0.717, 1.165) is 6.04 Å². The number of benzene rings is 1. The van der Waals surface area contributed by atoms with Gasteiger partial charge in [-0.2, -0.15) is 0 Å². The van der Waals surface area contributed by atoms with Crippen LogP contribution < -0.4 is 0 Å². The molecule has 0 aromatic heterocycles. The van der Waals surface area contributed by atoms with Crippen molar-refractivity contribution in [2.24, 2.45) is 0 Å². The zero-order valence-electron chi connectivity index (χ0n) is 13.0. The zero-order chi connectivity index (χ0) is 13.7. The molecule has 1 unspecified atom stereocenters. The molecule has 0 saturated heterocycles. The summed E-state index contributed by atoms with van der Waals surface area (Å²) < 4.78 is 0. The van der Waals surface area contributed by atoms with Gasteiger partial charge in [-0.25, -0.2) is 0 Å². The van der Waals surface area contributed by atoms with Crippen LogP contribution in [0.2, 0.25) is 0 Å². The molecule has 1 nitrogen and oxygen atoms in total. The highest BCUT2D eigenvalue weighted by Crippen LogP contribution is 2.26. The van der Waals surface area contributed by atoms with Gasteiger partial charge in [-0.3, -0.25) is 0 Å². The molecule has 0 N–H and O–H groups in total. The van der Waals surface area contributed by atoms with Crippen molar-refractivity contribution < 1.29 is 0 Å². The molecular formula is C17H29N.